The fourth-order valence-corrected chi connectivity index (χ4v) is 4.30. The van der Waals surface area contributed by atoms with E-state index in [4.69, 9.17) is 14.2 Å². The van der Waals surface area contributed by atoms with Crippen molar-refractivity contribution in [1.29, 1.82) is 0 Å². The van der Waals surface area contributed by atoms with Crippen molar-refractivity contribution in [3.8, 4) is 11.5 Å². The Labute approximate surface area is 169 Å². The number of nitrogens with one attached hydrogen (secondary N) is 1. The SMILES string of the molecule is CCOC(=O)C1(NC(=O)C2CC(=O)N(c3ccc4c(c3)OCCO4)C2)CCCC1. The van der Waals surface area contributed by atoms with Gasteiger partial charge in [0.2, 0.25) is 11.8 Å². The molecule has 1 aromatic carbocycles. The van der Waals surface area contributed by atoms with E-state index in [0.29, 0.717) is 43.2 Å². The summed E-state index contributed by atoms with van der Waals surface area (Å²) in [5.74, 6) is -0.0338. The Morgan fingerprint density at radius 3 is 2.66 bits per heavy atom. The molecule has 4 rings (SSSR count). The number of ether oxygens (including phenoxy) is 3. The first-order chi connectivity index (χ1) is 14.0. The number of benzene rings is 1. The molecular weight excluding hydrogens is 376 g/mol. The van der Waals surface area contributed by atoms with E-state index in [1.165, 1.54) is 0 Å². The van der Waals surface area contributed by atoms with Gasteiger partial charge in [-0.3, -0.25) is 9.59 Å². The minimum Gasteiger partial charge on any atom is -0.486 e. The van der Waals surface area contributed by atoms with Gasteiger partial charge in [-0.1, -0.05) is 12.8 Å². The van der Waals surface area contributed by atoms with Gasteiger partial charge in [0.1, 0.15) is 18.8 Å². The average Bonchev–Trinajstić information content (AvgIpc) is 3.35. The van der Waals surface area contributed by atoms with E-state index in [9.17, 15) is 14.4 Å². The number of nitrogens with zero attached hydrogens (tertiary/aromatic N) is 1. The Bertz CT molecular complexity index is 817. The maximum absolute atomic E-state index is 12.9. The summed E-state index contributed by atoms with van der Waals surface area (Å²) in [5.41, 5.74) is -0.281. The van der Waals surface area contributed by atoms with Crippen LogP contribution >= 0.6 is 0 Å². The lowest BCUT2D eigenvalue weighted by molar-refractivity contribution is -0.153. The van der Waals surface area contributed by atoms with E-state index in [0.717, 1.165) is 12.8 Å². The van der Waals surface area contributed by atoms with Crippen LogP contribution in [0, 0.1) is 5.92 Å². The van der Waals surface area contributed by atoms with Gasteiger partial charge in [0, 0.05) is 24.7 Å². The minimum atomic E-state index is -0.958. The zero-order valence-electron chi connectivity index (χ0n) is 16.6. The zero-order chi connectivity index (χ0) is 20.4. The fraction of sp³-hybridized carbons (Fsp3) is 0.571. The third-order valence-electron chi connectivity index (χ3n) is 5.82. The van der Waals surface area contributed by atoms with E-state index in [2.05, 4.69) is 5.32 Å². The highest BCUT2D eigenvalue weighted by Gasteiger charge is 2.46. The Balaban J connectivity index is 1.46. The third-order valence-corrected chi connectivity index (χ3v) is 5.82. The summed E-state index contributed by atoms with van der Waals surface area (Å²) in [5, 5.41) is 2.92. The first kappa shape index (κ1) is 19.5. The van der Waals surface area contributed by atoms with Crippen LogP contribution in [0.5, 0.6) is 11.5 Å². The van der Waals surface area contributed by atoms with Gasteiger partial charge >= 0.3 is 5.97 Å². The standard InChI is InChI=1S/C21H26N2O6/c1-2-27-20(26)21(7-3-4-8-21)22-19(25)14-11-18(24)23(13-14)15-5-6-16-17(12-15)29-10-9-28-16/h5-6,12,14H,2-4,7-11,13H2,1H3,(H,22,25). The minimum absolute atomic E-state index is 0.110. The van der Waals surface area contributed by atoms with E-state index in [-0.39, 0.29) is 37.4 Å². The van der Waals surface area contributed by atoms with Gasteiger partial charge in [-0.25, -0.2) is 4.79 Å². The molecule has 0 spiro atoms. The molecule has 0 aromatic heterocycles. The molecule has 1 atom stereocenters. The molecule has 8 nitrogen and oxygen atoms in total. The maximum atomic E-state index is 12.9. The smallest absolute Gasteiger partial charge is 0.331 e. The molecule has 2 fully saturated rings. The van der Waals surface area contributed by atoms with E-state index < -0.39 is 11.5 Å². The molecule has 0 bridgehead atoms. The van der Waals surface area contributed by atoms with Gasteiger partial charge in [0.25, 0.3) is 0 Å². The number of esters is 1. The number of anilines is 1. The predicted octanol–water partition coefficient (Wildman–Crippen LogP) is 1.80. The normalized spacial score (nSPS) is 22.4. The summed E-state index contributed by atoms with van der Waals surface area (Å²) in [4.78, 5) is 39.6. The van der Waals surface area contributed by atoms with Crippen molar-refractivity contribution >= 4 is 23.5 Å². The Morgan fingerprint density at radius 2 is 1.93 bits per heavy atom. The van der Waals surface area contributed by atoms with Crippen molar-refractivity contribution in [2.24, 2.45) is 5.92 Å². The molecule has 8 heteroatoms. The molecule has 1 unspecified atom stereocenters. The van der Waals surface area contributed by atoms with Crippen molar-refractivity contribution < 1.29 is 28.6 Å². The van der Waals surface area contributed by atoms with Crippen LogP contribution in [0.1, 0.15) is 39.0 Å². The van der Waals surface area contributed by atoms with Gasteiger partial charge in [-0.05, 0) is 31.9 Å². The molecule has 29 heavy (non-hydrogen) atoms. The second-order valence-electron chi connectivity index (χ2n) is 7.73. The molecule has 3 aliphatic rings. The summed E-state index contributed by atoms with van der Waals surface area (Å²) in [6.45, 7) is 3.26. The molecule has 1 aliphatic carbocycles. The number of hydrogen-bond donors (Lipinski definition) is 1. The van der Waals surface area contributed by atoms with Gasteiger partial charge in [-0.2, -0.15) is 0 Å². The number of hydrogen-bond acceptors (Lipinski definition) is 6. The van der Waals surface area contributed by atoms with Crippen LogP contribution < -0.4 is 19.7 Å². The third kappa shape index (κ3) is 3.75. The molecule has 156 valence electrons. The Hall–Kier alpha value is -2.77. The second-order valence-corrected chi connectivity index (χ2v) is 7.73. The van der Waals surface area contributed by atoms with Crippen LogP contribution in [-0.2, 0) is 19.1 Å². The second kappa shape index (κ2) is 7.93. The number of rotatable bonds is 5. The van der Waals surface area contributed by atoms with E-state index >= 15 is 0 Å². The molecule has 2 amide bonds. The first-order valence-electron chi connectivity index (χ1n) is 10.2. The van der Waals surface area contributed by atoms with E-state index in [1.807, 2.05) is 0 Å². The molecule has 1 N–H and O–H groups in total. The largest absolute Gasteiger partial charge is 0.486 e. The van der Waals surface area contributed by atoms with Crippen LogP contribution in [0.15, 0.2) is 18.2 Å². The van der Waals surface area contributed by atoms with Gasteiger partial charge in [0.05, 0.1) is 12.5 Å². The Kier molecular flexibility index (Phi) is 5.34. The average molecular weight is 402 g/mol. The zero-order valence-corrected chi connectivity index (χ0v) is 16.6. The van der Waals surface area contributed by atoms with Crippen molar-refractivity contribution in [2.75, 3.05) is 31.3 Å². The molecule has 1 aromatic rings. The van der Waals surface area contributed by atoms with Crippen LogP contribution in [-0.4, -0.2) is 49.7 Å². The molecule has 1 saturated heterocycles. The highest BCUT2D eigenvalue weighted by atomic mass is 16.6. The first-order valence-corrected chi connectivity index (χ1v) is 10.2. The highest BCUT2D eigenvalue weighted by molar-refractivity contribution is 6.01. The molecule has 0 radical (unpaired) electrons. The molecular formula is C21H26N2O6. The summed E-state index contributed by atoms with van der Waals surface area (Å²) in [7, 11) is 0. The maximum Gasteiger partial charge on any atom is 0.331 e. The van der Waals surface area contributed by atoms with Crippen molar-refractivity contribution in [2.45, 2.75) is 44.6 Å². The monoisotopic (exact) mass is 402 g/mol. The molecule has 1 saturated carbocycles. The van der Waals surface area contributed by atoms with Crippen LogP contribution in [0.25, 0.3) is 0 Å². The van der Waals surface area contributed by atoms with Crippen molar-refractivity contribution in [3.63, 3.8) is 0 Å². The number of carbonyl (C=O) groups is 3. The summed E-state index contributed by atoms with van der Waals surface area (Å²) in [6.07, 6.45) is 2.99. The topological polar surface area (TPSA) is 94.2 Å². The number of fused-ring (bicyclic) bond motifs is 1. The van der Waals surface area contributed by atoms with Gasteiger partial charge in [-0.15, -0.1) is 0 Å². The lowest BCUT2D eigenvalue weighted by Crippen LogP contribution is -2.55. The lowest BCUT2D eigenvalue weighted by atomic mass is 9.95. The van der Waals surface area contributed by atoms with Gasteiger partial charge < -0.3 is 24.4 Å². The van der Waals surface area contributed by atoms with Gasteiger partial charge in [0.15, 0.2) is 11.5 Å². The summed E-state index contributed by atoms with van der Waals surface area (Å²) < 4.78 is 16.3. The fourth-order valence-electron chi connectivity index (χ4n) is 4.30. The van der Waals surface area contributed by atoms with Crippen LogP contribution in [0.4, 0.5) is 5.69 Å². The predicted molar refractivity (Wildman–Crippen MR) is 104 cm³/mol. The highest BCUT2D eigenvalue weighted by Crippen LogP contribution is 2.36. The molecule has 2 aliphatic heterocycles. The van der Waals surface area contributed by atoms with Crippen LogP contribution in [0.2, 0.25) is 0 Å². The summed E-state index contributed by atoms with van der Waals surface area (Å²) >= 11 is 0. The van der Waals surface area contributed by atoms with Crippen LogP contribution in [0.3, 0.4) is 0 Å². The van der Waals surface area contributed by atoms with E-state index in [1.54, 1.807) is 30.0 Å². The quantitative estimate of drug-likeness (QED) is 0.755. The summed E-state index contributed by atoms with van der Waals surface area (Å²) in [6, 6.07) is 5.34. The Morgan fingerprint density at radius 1 is 1.21 bits per heavy atom. The van der Waals surface area contributed by atoms with Crippen molar-refractivity contribution in [1.82, 2.24) is 5.32 Å². The number of carbonyl (C=O) groups excluding carboxylic acids is 3. The number of amides is 2. The van der Waals surface area contributed by atoms with Crippen molar-refractivity contribution in [3.05, 3.63) is 18.2 Å². The lowest BCUT2D eigenvalue weighted by Gasteiger charge is -2.29. The molecule has 2 heterocycles.